The number of benzene rings is 1. The Bertz CT molecular complexity index is 440. The first-order chi connectivity index (χ1) is 9.02. The quantitative estimate of drug-likeness (QED) is 0.897. The highest BCUT2D eigenvalue weighted by Crippen LogP contribution is 2.07. The van der Waals surface area contributed by atoms with Gasteiger partial charge in [-0.25, -0.2) is 4.39 Å². The molecule has 1 heterocycles. The number of halogens is 1. The second-order valence-corrected chi connectivity index (χ2v) is 5.51. The third-order valence-corrected chi connectivity index (χ3v) is 3.32. The van der Waals surface area contributed by atoms with Crippen molar-refractivity contribution in [1.82, 2.24) is 10.2 Å². The molecule has 104 valence electrons. The number of hydrogen-bond acceptors (Lipinski definition) is 3. The van der Waals surface area contributed by atoms with Crippen molar-refractivity contribution in [3.05, 3.63) is 35.6 Å². The molecular weight excluding hydrogens is 243 g/mol. The number of hydrogen-bond donors (Lipinski definition) is 1. The van der Waals surface area contributed by atoms with E-state index in [4.69, 9.17) is 0 Å². The summed E-state index contributed by atoms with van der Waals surface area (Å²) in [6, 6.07) is 7.09. The maximum Gasteiger partial charge on any atom is 0.151 e. The molecule has 19 heavy (non-hydrogen) atoms. The van der Waals surface area contributed by atoms with Gasteiger partial charge >= 0.3 is 0 Å². The summed E-state index contributed by atoms with van der Waals surface area (Å²) in [4.78, 5) is 14.2. The Balaban J connectivity index is 1.87. The van der Waals surface area contributed by atoms with Crippen molar-refractivity contribution >= 4 is 5.78 Å². The average molecular weight is 264 g/mol. The van der Waals surface area contributed by atoms with Gasteiger partial charge in [0.2, 0.25) is 0 Å². The second kappa shape index (κ2) is 6.26. The number of carbonyl (C=O) groups is 1. The van der Waals surface area contributed by atoms with Crippen LogP contribution in [0.5, 0.6) is 0 Å². The third kappa shape index (κ3) is 4.40. The number of Topliss-reactive ketones (excluding diaryl/α,β-unsaturated/α-hetero) is 1. The summed E-state index contributed by atoms with van der Waals surface area (Å²) in [5, 5.41) is 3.44. The van der Waals surface area contributed by atoms with Crippen LogP contribution >= 0.6 is 0 Å². The molecule has 1 aromatic rings. The molecule has 3 nitrogen and oxygen atoms in total. The molecule has 0 spiro atoms. The van der Waals surface area contributed by atoms with Crippen LogP contribution in [0, 0.1) is 5.82 Å². The first-order valence-electron chi connectivity index (χ1n) is 6.77. The van der Waals surface area contributed by atoms with Crippen molar-refractivity contribution in [2.75, 3.05) is 19.6 Å². The number of carbonyl (C=O) groups excluding carboxylic acids is 1. The lowest BCUT2D eigenvalue weighted by Gasteiger charge is -2.35. The predicted molar refractivity (Wildman–Crippen MR) is 73.6 cm³/mol. The summed E-state index contributed by atoms with van der Waals surface area (Å²) in [6.45, 7) is 6.48. The number of rotatable bonds is 4. The summed E-state index contributed by atoms with van der Waals surface area (Å²) >= 11 is 0. The lowest BCUT2D eigenvalue weighted by atomic mass is 10.1. The summed E-state index contributed by atoms with van der Waals surface area (Å²) in [7, 11) is 0. The molecule has 1 aromatic carbocycles. The maximum absolute atomic E-state index is 13.0. The van der Waals surface area contributed by atoms with Crippen LogP contribution in [-0.4, -0.2) is 42.4 Å². The van der Waals surface area contributed by atoms with Gasteiger partial charge in [-0.3, -0.25) is 9.69 Å². The SMILES string of the molecule is CC1CN(CC(=O)Cc2cccc(F)c2)CC(C)N1. The van der Waals surface area contributed by atoms with E-state index in [2.05, 4.69) is 24.1 Å². The van der Waals surface area contributed by atoms with E-state index >= 15 is 0 Å². The van der Waals surface area contributed by atoms with E-state index in [1.807, 2.05) is 0 Å². The van der Waals surface area contributed by atoms with Crippen molar-refractivity contribution in [3.63, 3.8) is 0 Å². The second-order valence-electron chi connectivity index (χ2n) is 5.51. The Morgan fingerprint density at radius 1 is 1.37 bits per heavy atom. The van der Waals surface area contributed by atoms with Gasteiger partial charge in [0, 0.05) is 31.6 Å². The summed E-state index contributed by atoms with van der Waals surface area (Å²) in [5.74, 6) is -0.137. The maximum atomic E-state index is 13.0. The van der Waals surface area contributed by atoms with Crippen LogP contribution in [0.3, 0.4) is 0 Å². The minimum absolute atomic E-state index is 0.145. The van der Waals surface area contributed by atoms with E-state index < -0.39 is 0 Å². The van der Waals surface area contributed by atoms with Crippen molar-refractivity contribution in [2.45, 2.75) is 32.4 Å². The molecule has 1 saturated heterocycles. The number of ketones is 1. The van der Waals surface area contributed by atoms with Gasteiger partial charge in [-0.1, -0.05) is 12.1 Å². The van der Waals surface area contributed by atoms with Crippen LogP contribution in [0.2, 0.25) is 0 Å². The molecule has 1 aliphatic heterocycles. The van der Waals surface area contributed by atoms with Crippen LogP contribution < -0.4 is 5.32 Å². The van der Waals surface area contributed by atoms with Crippen molar-refractivity contribution in [1.29, 1.82) is 0 Å². The van der Waals surface area contributed by atoms with Gasteiger partial charge < -0.3 is 5.32 Å². The van der Waals surface area contributed by atoms with Gasteiger partial charge in [-0.15, -0.1) is 0 Å². The molecule has 0 radical (unpaired) electrons. The fourth-order valence-corrected chi connectivity index (χ4v) is 2.75. The zero-order chi connectivity index (χ0) is 13.8. The summed E-state index contributed by atoms with van der Waals surface area (Å²) in [5.41, 5.74) is 0.751. The van der Waals surface area contributed by atoms with Crippen molar-refractivity contribution < 1.29 is 9.18 Å². The van der Waals surface area contributed by atoms with Crippen LogP contribution in [0.1, 0.15) is 19.4 Å². The van der Waals surface area contributed by atoms with Crippen molar-refractivity contribution in [2.24, 2.45) is 0 Å². The fourth-order valence-electron chi connectivity index (χ4n) is 2.75. The zero-order valence-electron chi connectivity index (χ0n) is 11.5. The van der Waals surface area contributed by atoms with E-state index in [1.165, 1.54) is 12.1 Å². The molecular formula is C15H21FN2O. The van der Waals surface area contributed by atoms with Gasteiger partial charge in [-0.05, 0) is 31.5 Å². The molecule has 2 rings (SSSR count). The molecule has 1 N–H and O–H groups in total. The van der Waals surface area contributed by atoms with E-state index in [-0.39, 0.29) is 11.6 Å². The van der Waals surface area contributed by atoms with E-state index in [0.29, 0.717) is 25.0 Å². The topological polar surface area (TPSA) is 32.3 Å². The lowest BCUT2D eigenvalue weighted by Crippen LogP contribution is -2.55. The van der Waals surface area contributed by atoms with Crippen LogP contribution in [-0.2, 0) is 11.2 Å². The Hall–Kier alpha value is -1.26. The summed E-state index contributed by atoms with van der Waals surface area (Å²) in [6.07, 6.45) is 0.310. The normalized spacial score (nSPS) is 24.4. The molecule has 0 saturated carbocycles. The molecule has 2 atom stereocenters. The monoisotopic (exact) mass is 264 g/mol. The van der Waals surface area contributed by atoms with E-state index in [9.17, 15) is 9.18 Å². The predicted octanol–water partition coefficient (Wildman–Crippen LogP) is 1.62. The van der Waals surface area contributed by atoms with Gasteiger partial charge in [0.05, 0.1) is 6.54 Å². The molecule has 0 bridgehead atoms. The Kier molecular flexibility index (Phi) is 4.66. The minimum Gasteiger partial charge on any atom is -0.309 e. The van der Waals surface area contributed by atoms with Crippen LogP contribution in [0.15, 0.2) is 24.3 Å². The molecule has 0 aromatic heterocycles. The molecule has 2 unspecified atom stereocenters. The van der Waals surface area contributed by atoms with Gasteiger partial charge in [0.1, 0.15) is 5.82 Å². The molecule has 0 aliphatic carbocycles. The highest BCUT2D eigenvalue weighted by atomic mass is 19.1. The molecule has 1 fully saturated rings. The highest BCUT2D eigenvalue weighted by Gasteiger charge is 2.22. The van der Waals surface area contributed by atoms with Crippen LogP contribution in [0.4, 0.5) is 4.39 Å². The number of piperazine rings is 1. The summed E-state index contributed by atoms with van der Waals surface area (Å²) < 4.78 is 13.0. The first kappa shape index (κ1) is 14.2. The number of nitrogens with one attached hydrogen (secondary N) is 1. The van der Waals surface area contributed by atoms with Crippen LogP contribution in [0.25, 0.3) is 0 Å². The standard InChI is InChI=1S/C15H21FN2O/c1-11-8-18(9-12(2)17-11)10-15(19)7-13-4-3-5-14(16)6-13/h3-6,11-12,17H,7-10H2,1-2H3. The Morgan fingerprint density at radius 3 is 2.68 bits per heavy atom. The lowest BCUT2D eigenvalue weighted by molar-refractivity contribution is -0.119. The first-order valence-corrected chi connectivity index (χ1v) is 6.77. The van der Waals surface area contributed by atoms with E-state index in [1.54, 1.807) is 12.1 Å². The van der Waals surface area contributed by atoms with Gasteiger partial charge in [0.25, 0.3) is 0 Å². The molecule has 1 aliphatic rings. The van der Waals surface area contributed by atoms with Gasteiger partial charge in [-0.2, -0.15) is 0 Å². The Morgan fingerprint density at radius 2 is 2.05 bits per heavy atom. The fraction of sp³-hybridized carbons (Fsp3) is 0.533. The third-order valence-electron chi connectivity index (χ3n) is 3.32. The zero-order valence-corrected chi connectivity index (χ0v) is 11.5. The molecule has 0 amide bonds. The van der Waals surface area contributed by atoms with Gasteiger partial charge in [0.15, 0.2) is 5.78 Å². The Labute approximate surface area is 113 Å². The van der Waals surface area contributed by atoms with E-state index in [0.717, 1.165) is 18.7 Å². The highest BCUT2D eigenvalue weighted by molar-refractivity contribution is 5.82. The average Bonchev–Trinajstić information content (AvgIpc) is 2.26. The smallest absolute Gasteiger partial charge is 0.151 e. The minimum atomic E-state index is -0.283. The van der Waals surface area contributed by atoms with Crippen molar-refractivity contribution in [3.8, 4) is 0 Å². The molecule has 4 heteroatoms. The largest absolute Gasteiger partial charge is 0.309 e. The number of nitrogens with zero attached hydrogens (tertiary/aromatic N) is 1.